The molecule has 116 valence electrons. The van der Waals surface area contributed by atoms with Crippen LogP contribution in [0.4, 0.5) is 0 Å². The fourth-order valence-electron chi connectivity index (χ4n) is 2.70. The number of ether oxygens (including phenoxy) is 1. The molecule has 1 fully saturated rings. The quantitative estimate of drug-likeness (QED) is 0.758. The molecule has 0 radical (unpaired) electrons. The fraction of sp³-hybridized carbons (Fsp3) is 0.562. The summed E-state index contributed by atoms with van der Waals surface area (Å²) in [5, 5.41) is 13.4. The van der Waals surface area contributed by atoms with E-state index in [-0.39, 0.29) is 5.56 Å². The molecule has 0 saturated heterocycles. The summed E-state index contributed by atoms with van der Waals surface area (Å²) in [5.41, 5.74) is 0.220. The van der Waals surface area contributed by atoms with Crippen molar-refractivity contribution in [1.29, 1.82) is 0 Å². The van der Waals surface area contributed by atoms with Gasteiger partial charge in [0.1, 0.15) is 17.9 Å². The molecule has 0 atom stereocenters. The molecular weight excluding hydrogens is 286 g/mol. The van der Waals surface area contributed by atoms with Gasteiger partial charge in [0.15, 0.2) is 0 Å². The first-order valence-electron chi connectivity index (χ1n) is 7.42. The SMILES string of the molecule is CSC1CCC(NCCOc2ccccc2C(=O)O)CC1. The Morgan fingerprint density at radius 2 is 2.05 bits per heavy atom. The van der Waals surface area contributed by atoms with Crippen molar-refractivity contribution in [3.05, 3.63) is 29.8 Å². The zero-order valence-electron chi connectivity index (χ0n) is 12.4. The number of nitrogens with one attached hydrogen (secondary N) is 1. The molecule has 1 aromatic carbocycles. The Hall–Kier alpha value is -1.20. The molecule has 21 heavy (non-hydrogen) atoms. The maximum Gasteiger partial charge on any atom is 0.339 e. The first-order chi connectivity index (χ1) is 10.2. The van der Waals surface area contributed by atoms with Crippen LogP contribution >= 0.6 is 11.8 Å². The number of thioether (sulfide) groups is 1. The van der Waals surface area contributed by atoms with E-state index in [0.717, 1.165) is 11.8 Å². The van der Waals surface area contributed by atoms with Gasteiger partial charge in [-0.15, -0.1) is 0 Å². The lowest BCUT2D eigenvalue weighted by Gasteiger charge is -2.28. The lowest BCUT2D eigenvalue weighted by molar-refractivity contribution is 0.0692. The number of carbonyl (C=O) groups is 1. The van der Waals surface area contributed by atoms with Gasteiger partial charge in [0, 0.05) is 17.8 Å². The van der Waals surface area contributed by atoms with E-state index in [9.17, 15) is 4.79 Å². The lowest BCUT2D eigenvalue weighted by Crippen LogP contribution is -2.36. The van der Waals surface area contributed by atoms with Crippen molar-refractivity contribution in [2.75, 3.05) is 19.4 Å². The predicted molar refractivity (Wildman–Crippen MR) is 86.5 cm³/mol. The topological polar surface area (TPSA) is 58.6 Å². The van der Waals surface area contributed by atoms with E-state index in [2.05, 4.69) is 11.6 Å². The minimum Gasteiger partial charge on any atom is -0.491 e. The Morgan fingerprint density at radius 3 is 2.71 bits per heavy atom. The molecule has 0 aromatic heterocycles. The summed E-state index contributed by atoms with van der Waals surface area (Å²) in [4.78, 5) is 11.1. The standard InChI is InChI=1S/C16H23NO3S/c1-21-13-8-6-12(7-9-13)17-10-11-20-15-5-3-2-4-14(15)16(18)19/h2-5,12-13,17H,6-11H2,1H3,(H,18,19). The Labute approximate surface area is 130 Å². The number of benzene rings is 1. The van der Waals surface area contributed by atoms with E-state index < -0.39 is 5.97 Å². The van der Waals surface area contributed by atoms with Gasteiger partial charge in [0.25, 0.3) is 0 Å². The molecule has 5 heteroatoms. The van der Waals surface area contributed by atoms with Crippen LogP contribution in [0.3, 0.4) is 0 Å². The van der Waals surface area contributed by atoms with E-state index in [4.69, 9.17) is 9.84 Å². The highest BCUT2D eigenvalue weighted by Crippen LogP contribution is 2.26. The number of hydrogen-bond donors (Lipinski definition) is 2. The average Bonchev–Trinajstić information content (AvgIpc) is 2.52. The van der Waals surface area contributed by atoms with Gasteiger partial charge in [-0.25, -0.2) is 4.79 Å². The van der Waals surface area contributed by atoms with Gasteiger partial charge in [0.2, 0.25) is 0 Å². The highest BCUT2D eigenvalue weighted by Gasteiger charge is 2.19. The summed E-state index contributed by atoms with van der Waals surface area (Å²) >= 11 is 1.97. The highest BCUT2D eigenvalue weighted by atomic mass is 32.2. The number of rotatable bonds is 7. The van der Waals surface area contributed by atoms with E-state index in [0.29, 0.717) is 18.4 Å². The van der Waals surface area contributed by atoms with E-state index in [1.807, 2.05) is 11.8 Å². The van der Waals surface area contributed by atoms with Gasteiger partial charge in [-0.05, 0) is 44.1 Å². The molecule has 1 aliphatic carbocycles. The predicted octanol–water partition coefficient (Wildman–Crippen LogP) is 3.03. The Morgan fingerprint density at radius 1 is 1.33 bits per heavy atom. The van der Waals surface area contributed by atoms with E-state index in [1.165, 1.54) is 25.7 Å². The van der Waals surface area contributed by atoms with E-state index >= 15 is 0 Å². The van der Waals surface area contributed by atoms with Gasteiger partial charge in [-0.2, -0.15) is 11.8 Å². The molecule has 0 amide bonds. The van der Waals surface area contributed by atoms with Crippen molar-refractivity contribution in [3.63, 3.8) is 0 Å². The third kappa shape index (κ3) is 4.93. The summed E-state index contributed by atoms with van der Waals surface area (Å²) in [6, 6.07) is 7.34. The van der Waals surface area contributed by atoms with Crippen molar-refractivity contribution in [1.82, 2.24) is 5.32 Å². The number of aromatic carboxylic acids is 1. The number of carboxylic acids is 1. The minimum absolute atomic E-state index is 0.220. The molecule has 0 aliphatic heterocycles. The molecular formula is C16H23NO3S. The summed E-state index contributed by atoms with van der Waals surface area (Å²) < 4.78 is 5.58. The van der Waals surface area contributed by atoms with Gasteiger partial charge >= 0.3 is 5.97 Å². The van der Waals surface area contributed by atoms with Gasteiger partial charge in [-0.1, -0.05) is 12.1 Å². The summed E-state index contributed by atoms with van der Waals surface area (Å²) in [6.45, 7) is 1.25. The number of carboxylic acid groups (broad SMARTS) is 1. The monoisotopic (exact) mass is 309 g/mol. The molecule has 1 aliphatic rings. The van der Waals surface area contributed by atoms with Crippen LogP contribution in [0.5, 0.6) is 5.75 Å². The van der Waals surface area contributed by atoms with Crippen LogP contribution in [-0.2, 0) is 0 Å². The van der Waals surface area contributed by atoms with Gasteiger partial charge in [-0.3, -0.25) is 0 Å². The largest absolute Gasteiger partial charge is 0.491 e. The third-order valence-corrected chi connectivity index (χ3v) is 5.06. The van der Waals surface area contributed by atoms with Crippen molar-refractivity contribution < 1.29 is 14.6 Å². The van der Waals surface area contributed by atoms with Crippen molar-refractivity contribution in [3.8, 4) is 5.75 Å². The minimum atomic E-state index is -0.950. The molecule has 0 heterocycles. The van der Waals surface area contributed by atoms with Crippen molar-refractivity contribution >= 4 is 17.7 Å². The smallest absolute Gasteiger partial charge is 0.339 e. The summed E-state index contributed by atoms with van der Waals surface area (Å²) in [5.74, 6) is -0.508. The molecule has 4 nitrogen and oxygen atoms in total. The first-order valence-corrected chi connectivity index (χ1v) is 8.70. The highest BCUT2D eigenvalue weighted by molar-refractivity contribution is 7.99. The Bertz CT molecular complexity index is 459. The average molecular weight is 309 g/mol. The van der Waals surface area contributed by atoms with Crippen LogP contribution in [0.15, 0.2) is 24.3 Å². The Kier molecular flexibility index (Phi) is 6.39. The van der Waals surface area contributed by atoms with Crippen LogP contribution in [0.25, 0.3) is 0 Å². The maximum atomic E-state index is 11.1. The number of hydrogen-bond acceptors (Lipinski definition) is 4. The van der Waals surface area contributed by atoms with Crippen molar-refractivity contribution in [2.24, 2.45) is 0 Å². The zero-order chi connectivity index (χ0) is 15.1. The molecule has 0 bridgehead atoms. The van der Waals surface area contributed by atoms with Crippen LogP contribution in [-0.4, -0.2) is 41.8 Å². The second kappa shape index (κ2) is 8.29. The molecule has 1 aromatic rings. The third-order valence-electron chi connectivity index (χ3n) is 3.92. The fourth-order valence-corrected chi connectivity index (χ4v) is 3.44. The Balaban J connectivity index is 1.70. The van der Waals surface area contributed by atoms with Crippen LogP contribution in [0.2, 0.25) is 0 Å². The summed E-state index contributed by atoms with van der Waals surface area (Å²) in [7, 11) is 0. The maximum absolute atomic E-state index is 11.1. The van der Waals surface area contributed by atoms with Crippen LogP contribution < -0.4 is 10.1 Å². The second-order valence-electron chi connectivity index (χ2n) is 5.31. The molecule has 2 N–H and O–H groups in total. The van der Waals surface area contributed by atoms with Gasteiger partial charge < -0.3 is 15.2 Å². The second-order valence-corrected chi connectivity index (χ2v) is 6.45. The summed E-state index contributed by atoms with van der Waals surface area (Å²) in [6.07, 6.45) is 7.18. The van der Waals surface area contributed by atoms with Crippen LogP contribution in [0.1, 0.15) is 36.0 Å². The zero-order valence-corrected chi connectivity index (χ0v) is 13.2. The van der Waals surface area contributed by atoms with Gasteiger partial charge in [0.05, 0.1) is 0 Å². The lowest BCUT2D eigenvalue weighted by atomic mass is 9.95. The molecule has 2 rings (SSSR count). The van der Waals surface area contributed by atoms with Crippen LogP contribution in [0, 0.1) is 0 Å². The molecule has 1 saturated carbocycles. The molecule has 0 unspecified atom stereocenters. The molecule has 0 spiro atoms. The first kappa shape index (κ1) is 16.2. The van der Waals surface area contributed by atoms with Crippen molar-refractivity contribution in [2.45, 2.75) is 37.0 Å². The normalized spacial score (nSPS) is 22.0. The van der Waals surface area contributed by atoms with E-state index in [1.54, 1.807) is 24.3 Å². The number of para-hydroxylation sites is 1.